The van der Waals surface area contributed by atoms with Crippen molar-refractivity contribution in [3.63, 3.8) is 0 Å². The van der Waals surface area contributed by atoms with Crippen LogP contribution in [0.15, 0.2) is 29.0 Å². The fourth-order valence-electron chi connectivity index (χ4n) is 4.47. The van der Waals surface area contributed by atoms with Crippen LogP contribution in [0.4, 0.5) is 5.69 Å². The molecule has 0 aromatic heterocycles. The number of imide groups is 1. The molecule has 1 aromatic carbocycles. The summed E-state index contributed by atoms with van der Waals surface area (Å²) in [6.45, 7) is 10.3. The average Bonchev–Trinajstić information content (AvgIpc) is 2.69. The van der Waals surface area contributed by atoms with Gasteiger partial charge < -0.3 is 10.0 Å². The van der Waals surface area contributed by atoms with Crippen molar-refractivity contribution in [1.29, 1.82) is 0 Å². The van der Waals surface area contributed by atoms with E-state index in [9.17, 15) is 14.4 Å². The van der Waals surface area contributed by atoms with E-state index in [0.29, 0.717) is 10.5 Å². The normalized spacial score (nSPS) is 20.1. The van der Waals surface area contributed by atoms with Crippen LogP contribution in [0.3, 0.4) is 0 Å². The van der Waals surface area contributed by atoms with Gasteiger partial charge in [0.05, 0.1) is 6.57 Å². The van der Waals surface area contributed by atoms with E-state index in [1.165, 1.54) is 16.8 Å². The summed E-state index contributed by atoms with van der Waals surface area (Å²) in [5, 5.41) is 9.07. The van der Waals surface area contributed by atoms with Crippen LogP contribution in [0.2, 0.25) is 0 Å². The number of aliphatic carboxylic acids is 1. The van der Waals surface area contributed by atoms with Crippen LogP contribution in [0.1, 0.15) is 36.5 Å². The SMILES string of the molecule is [C-]#[N+]C1=C(C)/C(=C/c2cc3c4c(c2)CCCN4CCC3)C(=O)N(CC(=O)O)C1=O. The minimum atomic E-state index is -1.30. The summed E-state index contributed by atoms with van der Waals surface area (Å²) in [5.74, 6) is -2.82. The lowest BCUT2D eigenvalue weighted by Crippen LogP contribution is -2.45. The van der Waals surface area contributed by atoms with Crippen LogP contribution < -0.4 is 4.90 Å². The van der Waals surface area contributed by atoms with Gasteiger partial charge in [0, 0.05) is 24.4 Å². The Hall–Kier alpha value is -3.40. The number of hydrogen-bond acceptors (Lipinski definition) is 4. The van der Waals surface area contributed by atoms with Crippen LogP contribution in [-0.2, 0) is 27.2 Å². The maximum Gasteiger partial charge on any atom is 0.323 e. The molecular weight excluding hydrogens is 370 g/mol. The van der Waals surface area contributed by atoms with E-state index in [-0.39, 0.29) is 11.3 Å². The number of benzene rings is 1. The van der Waals surface area contributed by atoms with Crippen molar-refractivity contribution in [3.05, 3.63) is 57.1 Å². The molecule has 0 radical (unpaired) electrons. The maximum absolute atomic E-state index is 12.9. The Kier molecular flexibility index (Phi) is 4.71. The van der Waals surface area contributed by atoms with Crippen molar-refractivity contribution >= 4 is 29.5 Å². The summed E-state index contributed by atoms with van der Waals surface area (Å²) in [5.41, 5.74) is 4.97. The zero-order valence-corrected chi connectivity index (χ0v) is 16.2. The minimum absolute atomic E-state index is 0.201. The Labute approximate surface area is 168 Å². The smallest absolute Gasteiger partial charge is 0.323 e. The van der Waals surface area contributed by atoms with Crippen molar-refractivity contribution in [3.8, 4) is 0 Å². The van der Waals surface area contributed by atoms with Crippen LogP contribution in [-0.4, -0.2) is 47.4 Å². The molecule has 0 aliphatic carbocycles. The summed E-state index contributed by atoms with van der Waals surface area (Å²) in [6.07, 6.45) is 5.83. The second-order valence-electron chi connectivity index (χ2n) is 7.62. The first kappa shape index (κ1) is 18.9. The number of aryl methyl sites for hydroxylation is 2. The molecule has 1 N–H and O–H groups in total. The largest absolute Gasteiger partial charge is 0.480 e. The molecule has 148 valence electrons. The molecule has 3 aliphatic heterocycles. The molecule has 3 aliphatic rings. The van der Waals surface area contributed by atoms with Gasteiger partial charge in [0.25, 0.3) is 17.5 Å². The van der Waals surface area contributed by atoms with Gasteiger partial charge in [-0.05, 0) is 73.1 Å². The zero-order chi connectivity index (χ0) is 20.7. The molecule has 3 heterocycles. The van der Waals surface area contributed by atoms with Gasteiger partial charge in [-0.3, -0.25) is 19.3 Å². The third-order valence-electron chi connectivity index (χ3n) is 5.75. The van der Waals surface area contributed by atoms with Gasteiger partial charge in [-0.25, -0.2) is 4.85 Å². The number of nitrogens with zero attached hydrogens (tertiary/aromatic N) is 3. The first-order valence-electron chi connectivity index (χ1n) is 9.70. The molecule has 7 nitrogen and oxygen atoms in total. The number of hydrogen-bond donors (Lipinski definition) is 1. The van der Waals surface area contributed by atoms with E-state index in [1.807, 2.05) is 0 Å². The van der Waals surface area contributed by atoms with Gasteiger partial charge in [0.2, 0.25) is 0 Å². The standard InChI is InChI=1S/C22H21N3O4/c1-13-17(21(28)25(12-18(26)27)22(29)19(13)23-2)11-14-9-15-5-3-7-24-8-4-6-16(10-14)20(15)24/h9-11H,3-8,12H2,1H3,(H,26,27)/b17-11-. The molecule has 2 amide bonds. The molecule has 4 rings (SSSR count). The topological polar surface area (TPSA) is 82.3 Å². The third kappa shape index (κ3) is 3.21. The Morgan fingerprint density at radius 1 is 1.17 bits per heavy atom. The Balaban J connectivity index is 1.82. The van der Waals surface area contributed by atoms with Crippen LogP contribution in [0.25, 0.3) is 10.9 Å². The lowest BCUT2D eigenvalue weighted by atomic mass is 9.89. The highest BCUT2D eigenvalue weighted by atomic mass is 16.4. The quantitative estimate of drug-likeness (QED) is 0.486. The molecule has 0 bridgehead atoms. The highest BCUT2D eigenvalue weighted by molar-refractivity contribution is 6.19. The molecular formula is C22H21N3O4. The highest BCUT2D eigenvalue weighted by Crippen LogP contribution is 2.37. The molecule has 0 fully saturated rings. The number of carboxylic acids is 1. The first-order valence-corrected chi connectivity index (χ1v) is 9.70. The van der Waals surface area contributed by atoms with Gasteiger partial charge >= 0.3 is 5.97 Å². The van der Waals surface area contributed by atoms with Gasteiger partial charge in [-0.1, -0.05) is 0 Å². The predicted molar refractivity (Wildman–Crippen MR) is 107 cm³/mol. The molecule has 0 saturated heterocycles. The summed E-state index contributed by atoms with van der Waals surface area (Å²) in [6, 6.07) is 4.14. The van der Waals surface area contributed by atoms with Gasteiger partial charge in [-0.15, -0.1) is 0 Å². The first-order chi connectivity index (χ1) is 13.9. The van der Waals surface area contributed by atoms with E-state index in [4.69, 9.17) is 11.7 Å². The Morgan fingerprint density at radius 3 is 2.34 bits per heavy atom. The molecule has 29 heavy (non-hydrogen) atoms. The molecule has 1 aromatic rings. The highest BCUT2D eigenvalue weighted by Gasteiger charge is 2.37. The number of carboxylic acid groups (broad SMARTS) is 1. The molecule has 7 heteroatoms. The Morgan fingerprint density at radius 2 is 1.79 bits per heavy atom. The molecule has 0 atom stereocenters. The number of rotatable bonds is 3. The van der Waals surface area contributed by atoms with Crippen LogP contribution in [0.5, 0.6) is 0 Å². The number of amides is 2. The molecule has 0 spiro atoms. The van der Waals surface area contributed by atoms with Gasteiger partial charge in [0.15, 0.2) is 0 Å². The second-order valence-corrected chi connectivity index (χ2v) is 7.62. The van der Waals surface area contributed by atoms with Crippen molar-refractivity contribution < 1.29 is 19.5 Å². The van der Waals surface area contributed by atoms with Crippen molar-refractivity contribution in [2.45, 2.75) is 32.6 Å². The van der Waals surface area contributed by atoms with E-state index >= 15 is 0 Å². The van der Waals surface area contributed by atoms with Gasteiger partial charge in [-0.2, -0.15) is 0 Å². The maximum atomic E-state index is 12.9. The monoisotopic (exact) mass is 391 g/mol. The summed E-state index contributed by atoms with van der Waals surface area (Å²) >= 11 is 0. The fourth-order valence-corrected chi connectivity index (χ4v) is 4.47. The lowest BCUT2D eigenvalue weighted by Gasteiger charge is -2.37. The number of carbonyl (C=O) groups excluding carboxylic acids is 2. The van der Waals surface area contributed by atoms with Gasteiger partial charge in [0.1, 0.15) is 6.54 Å². The predicted octanol–water partition coefficient (Wildman–Crippen LogP) is 2.42. The van der Waals surface area contributed by atoms with Crippen molar-refractivity contribution in [2.75, 3.05) is 24.5 Å². The third-order valence-corrected chi connectivity index (χ3v) is 5.75. The minimum Gasteiger partial charge on any atom is -0.480 e. The fraction of sp³-hybridized carbons (Fsp3) is 0.364. The van der Waals surface area contributed by atoms with Crippen LogP contribution >= 0.6 is 0 Å². The summed E-state index contributed by atoms with van der Waals surface area (Å²) in [4.78, 5) is 42.7. The van der Waals surface area contributed by atoms with Crippen molar-refractivity contribution in [2.24, 2.45) is 0 Å². The summed E-state index contributed by atoms with van der Waals surface area (Å²) in [7, 11) is 0. The van der Waals surface area contributed by atoms with E-state index in [1.54, 1.807) is 13.0 Å². The molecule has 0 saturated carbocycles. The number of carbonyl (C=O) groups is 3. The average molecular weight is 391 g/mol. The van der Waals surface area contributed by atoms with Crippen molar-refractivity contribution in [1.82, 2.24) is 4.90 Å². The number of anilines is 1. The van der Waals surface area contributed by atoms with Crippen LogP contribution in [0, 0.1) is 6.57 Å². The lowest BCUT2D eigenvalue weighted by molar-refractivity contribution is -0.149. The molecule has 0 unspecified atom stereocenters. The second kappa shape index (κ2) is 7.21. The zero-order valence-electron chi connectivity index (χ0n) is 16.2. The van der Waals surface area contributed by atoms with E-state index in [0.717, 1.165) is 44.3 Å². The van der Waals surface area contributed by atoms with E-state index < -0.39 is 24.3 Å². The van der Waals surface area contributed by atoms with E-state index in [2.05, 4.69) is 21.9 Å². The Bertz CT molecular complexity index is 1010. The summed E-state index contributed by atoms with van der Waals surface area (Å²) < 4.78 is 0.